The van der Waals surface area contributed by atoms with Crippen LogP contribution in [0.15, 0.2) is 65.5 Å². The Hall–Kier alpha value is -3.14. The first-order chi connectivity index (χ1) is 11.1. The number of pyridine rings is 1. The van der Waals surface area contributed by atoms with Gasteiger partial charge in [0.1, 0.15) is 0 Å². The predicted octanol–water partition coefficient (Wildman–Crippen LogP) is 3.35. The van der Waals surface area contributed by atoms with Crippen LogP contribution in [0.1, 0.15) is 5.56 Å². The topological polar surface area (TPSA) is 59.3 Å². The van der Waals surface area contributed by atoms with Crippen LogP contribution >= 0.6 is 0 Å². The van der Waals surface area contributed by atoms with E-state index in [0.717, 1.165) is 22.7 Å². The van der Waals surface area contributed by atoms with E-state index in [1.54, 1.807) is 12.2 Å². The van der Waals surface area contributed by atoms with E-state index >= 15 is 0 Å². The van der Waals surface area contributed by atoms with E-state index in [2.05, 4.69) is 0 Å². The van der Waals surface area contributed by atoms with Crippen LogP contribution in [0.4, 0.5) is 0 Å². The van der Waals surface area contributed by atoms with Crippen LogP contribution in [0, 0.1) is 0 Å². The summed E-state index contributed by atoms with van der Waals surface area (Å²) < 4.78 is 2.00. The van der Waals surface area contributed by atoms with Crippen LogP contribution < -0.4 is 5.43 Å². The molecule has 0 aliphatic heterocycles. The maximum Gasteiger partial charge on any atom is 0.328 e. The third-order valence-corrected chi connectivity index (χ3v) is 3.78. The maximum absolute atomic E-state index is 12.6. The fourth-order valence-electron chi connectivity index (χ4n) is 2.66. The predicted molar refractivity (Wildman–Crippen MR) is 92.5 cm³/mol. The number of benzene rings is 2. The molecule has 1 N–H and O–H groups in total. The number of carboxylic acids is 1. The van der Waals surface area contributed by atoms with Crippen molar-refractivity contribution in [1.29, 1.82) is 0 Å². The zero-order valence-electron chi connectivity index (χ0n) is 12.6. The van der Waals surface area contributed by atoms with E-state index in [0.29, 0.717) is 10.8 Å². The van der Waals surface area contributed by atoms with Crippen molar-refractivity contribution in [3.05, 3.63) is 76.5 Å². The monoisotopic (exact) mass is 305 g/mol. The van der Waals surface area contributed by atoms with Gasteiger partial charge in [0.2, 0.25) is 0 Å². The smallest absolute Gasteiger partial charge is 0.328 e. The molecule has 3 rings (SSSR count). The van der Waals surface area contributed by atoms with Crippen molar-refractivity contribution in [2.24, 2.45) is 7.05 Å². The largest absolute Gasteiger partial charge is 0.478 e. The lowest BCUT2D eigenvalue weighted by atomic mass is 10.1. The van der Waals surface area contributed by atoms with Crippen LogP contribution in [0.2, 0.25) is 0 Å². The van der Waals surface area contributed by atoms with Gasteiger partial charge in [0.15, 0.2) is 5.43 Å². The maximum atomic E-state index is 12.6. The zero-order chi connectivity index (χ0) is 16.4. The van der Waals surface area contributed by atoms with E-state index < -0.39 is 5.97 Å². The molecule has 4 nitrogen and oxygen atoms in total. The average Bonchev–Trinajstić information content (AvgIpc) is 2.56. The highest BCUT2D eigenvalue weighted by molar-refractivity contribution is 5.94. The summed E-state index contributed by atoms with van der Waals surface area (Å²) in [5, 5.41) is 9.94. The van der Waals surface area contributed by atoms with Crippen molar-refractivity contribution in [3.8, 4) is 0 Å². The highest BCUT2D eigenvalue weighted by Gasteiger charge is 2.08. The Labute approximate surface area is 132 Å². The van der Waals surface area contributed by atoms with Gasteiger partial charge in [0.25, 0.3) is 0 Å². The molecule has 0 saturated carbocycles. The Morgan fingerprint density at radius 1 is 1.04 bits per heavy atom. The Balaban J connectivity index is 2.16. The first-order valence-corrected chi connectivity index (χ1v) is 7.17. The number of carbonyl (C=O) groups is 1. The summed E-state index contributed by atoms with van der Waals surface area (Å²) in [6, 6.07) is 13.1. The number of carboxylic acid groups (broad SMARTS) is 1. The number of rotatable bonds is 3. The molecule has 0 atom stereocenters. The van der Waals surface area contributed by atoms with Gasteiger partial charge in [-0.05, 0) is 29.8 Å². The minimum atomic E-state index is -0.984. The first kappa shape index (κ1) is 14.8. The summed E-state index contributed by atoms with van der Waals surface area (Å²) in [6.07, 6.45) is 6.00. The van der Waals surface area contributed by atoms with Crippen molar-refractivity contribution in [1.82, 2.24) is 4.57 Å². The quantitative estimate of drug-likeness (QED) is 0.458. The van der Waals surface area contributed by atoms with Crippen LogP contribution in [-0.4, -0.2) is 15.6 Å². The van der Waals surface area contributed by atoms with E-state index in [1.807, 2.05) is 54.1 Å². The minimum Gasteiger partial charge on any atom is -0.478 e. The van der Waals surface area contributed by atoms with Crippen LogP contribution in [0.5, 0.6) is 0 Å². The number of nitrogens with zero attached hydrogens (tertiary/aromatic N) is 1. The first-order valence-electron chi connectivity index (χ1n) is 7.17. The van der Waals surface area contributed by atoms with Gasteiger partial charge in [-0.25, -0.2) is 4.79 Å². The van der Waals surface area contributed by atoms with E-state index in [4.69, 9.17) is 5.11 Å². The van der Waals surface area contributed by atoms with Crippen LogP contribution in [0.3, 0.4) is 0 Å². The standard InChI is InChI=1S/C19H15NO3/c1-20-16-8-4-3-7-14(16)19(23)15-11-10-13(12-17(15)20)6-2-5-9-18(21)22/h2-12H,1H3,(H,21,22). The fourth-order valence-corrected chi connectivity index (χ4v) is 2.66. The lowest BCUT2D eigenvalue weighted by Crippen LogP contribution is -2.08. The second-order valence-corrected chi connectivity index (χ2v) is 5.24. The van der Waals surface area contributed by atoms with E-state index in [-0.39, 0.29) is 5.43 Å². The Bertz CT molecular complexity index is 1030. The molecule has 0 fully saturated rings. The summed E-state index contributed by atoms with van der Waals surface area (Å²) >= 11 is 0. The normalized spacial score (nSPS) is 11.9. The molecule has 0 aliphatic carbocycles. The Morgan fingerprint density at radius 3 is 2.57 bits per heavy atom. The number of aryl methyl sites for hydroxylation is 1. The number of allylic oxidation sites excluding steroid dienone is 2. The molecule has 0 saturated heterocycles. The number of fused-ring (bicyclic) bond motifs is 2. The number of aromatic nitrogens is 1. The lowest BCUT2D eigenvalue weighted by molar-refractivity contribution is -0.131. The lowest BCUT2D eigenvalue weighted by Gasteiger charge is -2.10. The molecule has 0 spiro atoms. The second kappa shape index (κ2) is 5.93. The molecule has 0 bridgehead atoms. The van der Waals surface area contributed by atoms with Crippen molar-refractivity contribution >= 4 is 33.9 Å². The molecule has 114 valence electrons. The molecule has 1 aromatic heterocycles. The van der Waals surface area contributed by atoms with Crippen molar-refractivity contribution in [3.63, 3.8) is 0 Å². The van der Waals surface area contributed by atoms with Gasteiger partial charge >= 0.3 is 5.97 Å². The summed E-state index contributed by atoms with van der Waals surface area (Å²) in [6.45, 7) is 0. The molecular weight excluding hydrogens is 290 g/mol. The van der Waals surface area contributed by atoms with E-state index in [9.17, 15) is 9.59 Å². The zero-order valence-corrected chi connectivity index (χ0v) is 12.6. The third-order valence-electron chi connectivity index (χ3n) is 3.78. The summed E-state index contributed by atoms with van der Waals surface area (Å²) in [5.74, 6) is -0.984. The molecule has 0 radical (unpaired) electrons. The van der Waals surface area contributed by atoms with Crippen molar-refractivity contribution < 1.29 is 9.90 Å². The van der Waals surface area contributed by atoms with E-state index in [1.165, 1.54) is 6.08 Å². The van der Waals surface area contributed by atoms with Crippen LogP contribution in [0.25, 0.3) is 27.9 Å². The summed E-state index contributed by atoms with van der Waals surface area (Å²) in [5.41, 5.74) is 2.66. The molecule has 0 amide bonds. The summed E-state index contributed by atoms with van der Waals surface area (Å²) in [7, 11) is 1.93. The molecular formula is C19H15NO3. The van der Waals surface area contributed by atoms with Crippen molar-refractivity contribution in [2.75, 3.05) is 0 Å². The molecule has 0 unspecified atom stereocenters. The third kappa shape index (κ3) is 2.79. The molecule has 0 aliphatic rings. The number of hydrogen-bond donors (Lipinski definition) is 1. The molecule has 1 heterocycles. The van der Waals surface area contributed by atoms with Gasteiger partial charge < -0.3 is 9.67 Å². The van der Waals surface area contributed by atoms with Gasteiger partial charge in [-0.3, -0.25) is 4.79 Å². The molecule has 4 heteroatoms. The van der Waals surface area contributed by atoms with Gasteiger partial charge in [-0.15, -0.1) is 0 Å². The van der Waals surface area contributed by atoms with Gasteiger partial charge in [-0.2, -0.15) is 0 Å². The molecule has 23 heavy (non-hydrogen) atoms. The van der Waals surface area contributed by atoms with Gasteiger partial charge in [0, 0.05) is 23.9 Å². The number of aliphatic carboxylic acids is 1. The van der Waals surface area contributed by atoms with Gasteiger partial charge in [0.05, 0.1) is 11.0 Å². The molecule has 2 aromatic carbocycles. The molecule has 3 aromatic rings. The highest BCUT2D eigenvalue weighted by Crippen LogP contribution is 2.19. The van der Waals surface area contributed by atoms with Gasteiger partial charge in [-0.1, -0.05) is 36.4 Å². The number of para-hydroxylation sites is 1. The Kier molecular flexibility index (Phi) is 3.81. The number of hydrogen-bond acceptors (Lipinski definition) is 2. The second-order valence-electron chi connectivity index (χ2n) is 5.24. The van der Waals surface area contributed by atoms with Crippen molar-refractivity contribution in [2.45, 2.75) is 0 Å². The summed E-state index contributed by atoms with van der Waals surface area (Å²) in [4.78, 5) is 23.0. The average molecular weight is 305 g/mol. The van der Waals surface area contributed by atoms with Crippen LogP contribution in [-0.2, 0) is 11.8 Å². The Morgan fingerprint density at radius 2 is 1.78 bits per heavy atom. The fraction of sp³-hybridized carbons (Fsp3) is 0.0526. The highest BCUT2D eigenvalue weighted by atomic mass is 16.4. The SMILES string of the molecule is Cn1c2ccccc2c(=O)c2ccc(C=CC=CC(=O)O)cc21. The minimum absolute atomic E-state index is 0.0232.